The molecule has 0 spiro atoms. The van der Waals surface area contributed by atoms with Crippen molar-refractivity contribution in [2.75, 3.05) is 0 Å². The number of carbonyl (C=O) groups excluding carboxylic acids is 1. The number of esters is 1. The van der Waals surface area contributed by atoms with Crippen LogP contribution in [0.2, 0.25) is 0 Å². The van der Waals surface area contributed by atoms with Crippen molar-refractivity contribution in [2.45, 2.75) is 71.8 Å². The van der Waals surface area contributed by atoms with Gasteiger partial charge in [-0.15, -0.1) is 0 Å². The Labute approximate surface area is 110 Å². The Morgan fingerprint density at radius 3 is 2.17 bits per heavy atom. The van der Waals surface area contributed by atoms with E-state index in [0.29, 0.717) is 12.8 Å². The predicted octanol–water partition coefficient (Wildman–Crippen LogP) is 3.39. The summed E-state index contributed by atoms with van der Waals surface area (Å²) in [6, 6.07) is 0. The van der Waals surface area contributed by atoms with Crippen molar-refractivity contribution in [1.29, 1.82) is 0 Å². The number of aliphatic carboxylic acids is 1. The Balaban J connectivity index is 3.46. The second kappa shape index (κ2) is 8.11. The zero-order valence-electron chi connectivity index (χ0n) is 12.0. The topological polar surface area (TPSA) is 63.6 Å². The maximum Gasteiger partial charge on any atom is 0.306 e. The van der Waals surface area contributed by atoms with Gasteiger partial charge < -0.3 is 9.84 Å². The molecule has 0 heterocycles. The maximum absolute atomic E-state index is 11.4. The summed E-state index contributed by atoms with van der Waals surface area (Å²) in [6.07, 6.45) is 4.80. The summed E-state index contributed by atoms with van der Waals surface area (Å²) in [4.78, 5) is 22.0. The Bertz CT molecular complexity index is 265. The molecule has 0 fully saturated rings. The number of carbonyl (C=O) groups is 2. The van der Waals surface area contributed by atoms with Crippen LogP contribution in [0.5, 0.6) is 0 Å². The summed E-state index contributed by atoms with van der Waals surface area (Å²) < 4.78 is 5.20. The molecular formula is C14H26O4. The molecule has 0 aliphatic heterocycles. The van der Waals surface area contributed by atoms with Crippen LogP contribution in [-0.2, 0) is 14.3 Å². The first kappa shape index (κ1) is 16.9. The molecule has 1 N–H and O–H groups in total. The van der Waals surface area contributed by atoms with E-state index in [2.05, 4.69) is 0 Å². The molecule has 0 rings (SSSR count). The molecule has 4 nitrogen and oxygen atoms in total. The first-order chi connectivity index (χ1) is 8.22. The Hall–Kier alpha value is -1.06. The number of carboxylic acids is 1. The Morgan fingerprint density at radius 2 is 1.67 bits per heavy atom. The highest BCUT2D eigenvalue weighted by molar-refractivity contribution is 5.69. The van der Waals surface area contributed by atoms with E-state index < -0.39 is 11.6 Å². The van der Waals surface area contributed by atoms with Crippen LogP contribution in [0.3, 0.4) is 0 Å². The van der Waals surface area contributed by atoms with Gasteiger partial charge in [-0.25, -0.2) is 0 Å². The molecule has 0 aliphatic rings. The lowest BCUT2D eigenvalue weighted by Crippen LogP contribution is -2.23. The van der Waals surface area contributed by atoms with Crippen molar-refractivity contribution in [3.63, 3.8) is 0 Å². The molecule has 18 heavy (non-hydrogen) atoms. The molecule has 0 saturated carbocycles. The van der Waals surface area contributed by atoms with Crippen LogP contribution in [-0.4, -0.2) is 22.6 Å². The van der Waals surface area contributed by atoms with Gasteiger partial charge in [-0.05, 0) is 33.6 Å². The van der Waals surface area contributed by atoms with E-state index in [-0.39, 0.29) is 11.9 Å². The second-order valence-corrected chi connectivity index (χ2v) is 5.78. The first-order valence-corrected chi connectivity index (χ1v) is 6.67. The molecule has 0 aromatic rings. The third kappa shape index (κ3) is 10.1. The van der Waals surface area contributed by atoms with Crippen LogP contribution in [0.4, 0.5) is 0 Å². The first-order valence-electron chi connectivity index (χ1n) is 6.67. The van der Waals surface area contributed by atoms with Crippen LogP contribution in [0.15, 0.2) is 0 Å². The van der Waals surface area contributed by atoms with Crippen molar-refractivity contribution in [1.82, 2.24) is 0 Å². The van der Waals surface area contributed by atoms with Gasteiger partial charge in [0.1, 0.15) is 5.60 Å². The number of ether oxygens (including phenoxy) is 1. The molecule has 1 unspecified atom stereocenters. The normalized spacial score (nSPS) is 13.1. The number of carboxylic acid groups (broad SMARTS) is 1. The average Bonchev–Trinajstić information content (AvgIpc) is 2.19. The smallest absolute Gasteiger partial charge is 0.306 e. The van der Waals surface area contributed by atoms with Crippen LogP contribution in [0.25, 0.3) is 0 Å². The quantitative estimate of drug-likeness (QED) is 0.535. The highest BCUT2D eigenvalue weighted by Crippen LogP contribution is 2.13. The van der Waals surface area contributed by atoms with Crippen LogP contribution in [0.1, 0.15) is 66.2 Å². The van der Waals surface area contributed by atoms with Gasteiger partial charge >= 0.3 is 11.9 Å². The monoisotopic (exact) mass is 258 g/mol. The maximum atomic E-state index is 11.4. The fourth-order valence-corrected chi connectivity index (χ4v) is 1.59. The lowest BCUT2D eigenvalue weighted by molar-refractivity contribution is -0.155. The zero-order valence-corrected chi connectivity index (χ0v) is 12.0. The third-order valence-corrected chi connectivity index (χ3v) is 2.61. The van der Waals surface area contributed by atoms with Crippen molar-refractivity contribution < 1.29 is 19.4 Å². The van der Waals surface area contributed by atoms with Crippen molar-refractivity contribution in [3.8, 4) is 0 Å². The van der Waals surface area contributed by atoms with E-state index in [1.54, 1.807) is 6.92 Å². The summed E-state index contributed by atoms with van der Waals surface area (Å²) in [5.74, 6) is -1.15. The number of hydrogen-bond acceptors (Lipinski definition) is 3. The molecular weight excluding hydrogens is 232 g/mol. The molecule has 1 atom stereocenters. The molecule has 0 bridgehead atoms. The zero-order chi connectivity index (χ0) is 14.2. The van der Waals surface area contributed by atoms with E-state index in [1.807, 2.05) is 20.8 Å². The fourth-order valence-electron chi connectivity index (χ4n) is 1.59. The van der Waals surface area contributed by atoms with Gasteiger partial charge in [0.25, 0.3) is 0 Å². The van der Waals surface area contributed by atoms with E-state index in [1.165, 1.54) is 0 Å². The van der Waals surface area contributed by atoms with Crippen molar-refractivity contribution in [2.24, 2.45) is 5.92 Å². The van der Waals surface area contributed by atoms with Crippen LogP contribution < -0.4 is 0 Å². The van der Waals surface area contributed by atoms with Crippen LogP contribution in [0, 0.1) is 5.92 Å². The molecule has 0 amide bonds. The number of hydrogen-bond donors (Lipinski definition) is 1. The minimum atomic E-state index is -0.733. The average molecular weight is 258 g/mol. The van der Waals surface area contributed by atoms with Crippen molar-refractivity contribution >= 4 is 11.9 Å². The highest BCUT2D eigenvalue weighted by atomic mass is 16.6. The van der Waals surface area contributed by atoms with Gasteiger partial charge in [-0.2, -0.15) is 0 Å². The summed E-state index contributed by atoms with van der Waals surface area (Å²) in [6.45, 7) is 7.30. The SMILES string of the molecule is CC(CCCCCCC(=O)OC(C)(C)C)C(=O)O. The standard InChI is InChI=1S/C14H26O4/c1-11(13(16)17)9-7-5-6-8-10-12(15)18-14(2,3)4/h11H,5-10H2,1-4H3,(H,16,17). The minimum Gasteiger partial charge on any atom is -0.481 e. The van der Waals surface area contributed by atoms with Gasteiger partial charge in [-0.1, -0.05) is 26.2 Å². The summed E-state index contributed by atoms with van der Waals surface area (Å²) in [5.41, 5.74) is -0.409. The molecule has 0 aromatic heterocycles. The third-order valence-electron chi connectivity index (χ3n) is 2.61. The summed E-state index contributed by atoms with van der Waals surface area (Å²) in [5, 5.41) is 8.70. The fraction of sp³-hybridized carbons (Fsp3) is 0.857. The second-order valence-electron chi connectivity index (χ2n) is 5.78. The van der Waals surface area contributed by atoms with E-state index in [0.717, 1.165) is 25.7 Å². The predicted molar refractivity (Wildman–Crippen MR) is 70.3 cm³/mol. The molecule has 0 aromatic carbocycles. The number of unbranched alkanes of at least 4 members (excludes halogenated alkanes) is 3. The van der Waals surface area contributed by atoms with E-state index in [4.69, 9.17) is 9.84 Å². The molecule has 0 aliphatic carbocycles. The Kier molecular flexibility index (Phi) is 7.64. The number of rotatable bonds is 8. The van der Waals surface area contributed by atoms with Gasteiger partial charge in [0.05, 0.1) is 5.92 Å². The van der Waals surface area contributed by atoms with Gasteiger partial charge in [0.15, 0.2) is 0 Å². The minimum absolute atomic E-state index is 0.151. The molecule has 0 radical (unpaired) electrons. The van der Waals surface area contributed by atoms with E-state index in [9.17, 15) is 9.59 Å². The van der Waals surface area contributed by atoms with E-state index >= 15 is 0 Å². The summed E-state index contributed by atoms with van der Waals surface area (Å²) >= 11 is 0. The highest BCUT2D eigenvalue weighted by Gasteiger charge is 2.15. The summed E-state index contributed by atoms with van der Waals surface area (Å²) in [7, 11) is 0. The molecule has 0 saturated heterocycles. The molecule has 106 valence electrons. The lowest BCUT2D eigenvalue weighted by atomic mass is 10.0. The largest absolute Gasteiger partial charge is 0.481 e. The molecule has 4 heteroatoms. The van der Waals surface area contributed by atoms with Crippen LogP contribution >= 0.6 is 0 Å². The van der Waals surface area contributed by atoms with Gasteiger partial charge in [-0.3, -0.25) is 9.59 Å². The lowest BCUT2D eigenvalue weighted by Gasteiger charge is -2.19. The Morgan fingerprint density at radius 1 is 1.11 bits per heavy atom. The van der Waals surface area contributed by atoms with Gasteiger partial charge in [0.2, 0.25) is 0 Å². The van der Waals surface area contributed by atoms with Gasteiger partial charge in [0, 0.05) is 6.42 Å². The van der Waals surface area contributed by atoms with Crippen molar-refractivity contribution in [3.05, 3.63) is 0 Å².